The van der Waals surface area contributed by atoms with E-state index >= 15 is 0 Å². The van der Waals surface area contributed by atoms with Gasteiger partial charge < -0.3 is 24.4 Å². The minimum absolute atomic E-state index is 0.168. The zero-order chi connectivity index (χ0) is 16.1. The summed E-state index contributed by atoms with van der Waals surface area (Å²) in [6, 6.07) is 9.44. The molecule has 0 radical (unpaired) electrons. The Kier molecular flexibility index (Phi) is 5.90. The molecule has 0 amide bonds. The molecule has 1 saturated heterocycles. The Morgan fingerprint density at radius 1 is 1.27 bits per heavy atom. The third kappa shape index (κ3) is 4.27. The fourth-order valence-corrected chi connectivity index (χ4v) is 2.46. The standard InChI is InChI=1S/C16H22O6/c1-10-8-21-16(19)13(18)15(14(10)22-11(2)17)20-9-12-6-4-3-5-7-12/h3-7,10,13-16,18-19H,8-9H2,1-2H3/t10?,13?,14-,15?,16+/m0/s1. The van der Waals surface area contributed by atoms with E-state index < -0.39 is 30.6 Å². The molecule has 1 aromatic carbocycles. The van der Waals surface area contributed by atoms with Crippen molar-refractivity contribution in [2.75, 3.05) is 6.61 Å². The fraction of sp³-hybridized carbons (Fsp3) is 0.562. The quantitative estimate of drug-likeness (QED) is 0.802. The zero-order valence-corrected chi connectivity index (χ0v) is 12.7. The van der Waals surface area contributed by atoms with E-state index in [4.69, 9.17) is 14.2 Å². The molecule has 3 unspecified atom stereocenters. The maximum Gasteiger partial charge on any atom is 0.303 e. The number of hydrogen-bond donors (Lipinski definition) is 2. The first-order valence-corrected chi connectivity index (χ1v) is 7.29. The molecule has 0 aromatic heterocycles. The normalized spacial score (nSPS) is 32.3. The molecular weight excluding hydrogens is 288 g/mol. The average Bonchev–Trinajstić information content (AvgIpc) is 2.59. The second-order valence-corrected chi connectivity index (χ2v) is 5.53. The summed E-state index contributed by atoms with van der Waals surface area (Å²) in [4.78, 5) is 11.3. The Bertz CT molecular complexity index is 477. The summed E-state index contributed by atoms with van der Waals surface area (Å²) in [6.45, 7) is 3.52. The van der Waals surface area contributed by atoms with Gasteiger partial charge in [-0.1, -0.05) is 37.3 Å². The summed E-state index contributed by atoms with van der Waals surface area (Å²) < 4.78 is 16.2. The number of esters is 1. The Morgan fingerprint density at radius 2 is 1.95 bits per heavy atom. The van der Waals surface area contributed by atoms with Gasteiger partial charge in [0.2, 0.25) is 0 Å². The van der Waals surface area contributed by atoms with Crippen LogP contribution < -0.4 is 0 Å². The summed E-state index contributed by atoms with van der Waals surface area (Å²) in [6.07, 6.45) is -4.22. The molecule has 0 spiro atoms. The van der Waals surface area contributed by atoms with Crippen LogP contribution in [0.5, 0.6) is 0 Å². The average molecular weight is 310 g/mol. The molecule has 0 aliphatic carbocycles. The van der Waals surface area contributed by atoms with Crippen molar-refractivity contribution in [2.24, 2.45) is 5.92 Å². The molecule has 22 heavy (non-hydrogen) atoms. The summed E-state index contributed by atoms with van der Waals surface area (Å²) >= 11 is 0. The first-order valence-electron chi connectivity index (χ1n) is 7.29. The number of ether oxygens (including phenoxy) is 3. The first-order chi connectivity index (χ1) is 10.5. The fourth-order valence-electron chi connectivity index (χ4n) is 2.46. The van der Waals surface area contributed by atoms with Gasteiger partial charge in [0.05, 0.1) is 13.2 Å². The predicted octanol–water partition coefficient (Wildman–Crippen LogP) is 0.849. The van der Waals surface area contributed by atoms with Crippen LogP contribution in [0.25, 0.3) is 0 Å². The number of carbonyl (C=O) groups excluding carboxylic acids is 1. The zero-order valence-electron chi connectivity index (χ0n) is 12.7. The second-order valence-electron chi connectivity index (χ2n) is 5.53. The number of hydrogen-bond acceptors (Lipinski definition) is 6. The summed E-state index contributed by atoms with van der Waals surface area (Å²) in [5.74, 6) is -0.676. The predicted molar refractivity (Wildman–Crippen MR) is 77.7 cm³/mol. The van der Waals surface area contributed by atoms with Gasteiger partial charge in [-0.2, -0.15) is 0 Å². The number of benzene rings is 1. The monoisotopic (exact) mass is 310 g/mol. The van der Waals surface area contributed by atoms with E-state index in [1.807, 2.05) is 37.3 Å². The van der Waals surface area contributed by atoms with Gasteiger partial charge >= 0.3 is 5.97 Å². The van der Waals surface area contributed by atoms with E-state index in [2.05, 4.69) is 0 Å². The van der Waals surface area contributed by atoms with Crippen molar-refractivity contribution in [3.05, 3.63) is 35.9 Å². The maximum atomic E-state index is 11.3. The molecule has 0 bridgehead atoms. The van der Waals surface area contributed by atoms with E-state index in [1.165, 1.54) is 6.92 Å². The van der Waals surface area contributed by atoms with Crippen molar-refractivity contribution >= 4 is 5.97 Å². The highest BCUT2D eigenvalue weighted by Gasteiger charge is 2.42. The van der Waals surface area contributed by atoms with Crippen molar-refractivity contribution in [1.29, 1.82) is 0 Å². The summed E-state index contributed by atoms with van der Waals surface area (Å²) in [5.41, 5.74) is 0.920. The molecule has 1 aliphatic rings. The van der Waals surface area contributed by atoms with Crippen LogP contribution in [0.4, 0.5) is 0 Å². The SMILES string of the molecule is CC(=O)O[C@H]1C(C)CO[C@@H](O)C(O)C1OCc1ccccc1. The molecule has 2 rings (SSSR count). The van der Waals surface area contributed by atoms with Crippen molar-refractivity contribution in [1.82, 2.24) is 0 Å². The van der Waals surface area contributed by atoms with Crippen LogP contribution in [0.15, 0.2) is 30.3 Å². The lowest BCUT2D eigenvalue weighted by molar-refractivity contribution is -0.198. The van der Waals surface area contributed by atoms with Crippen LogP contribution in [0.2, 0.25) is 0 Å². The Labute approximate surface area is 129 Å². The van der Waals surface area contributed by atoms with Crippen LogP contribution in [0.1, 0.15) is 19.4 Å². The second kappa shape index (κ2) is 7.69. The summed E-state index contributed by atoms with van der Waals surface area (Å²) in [5, 5.41) is 20.0. The van der Waals surface area contributed by atoms with Gasteiger partial charge in [-0.25, -0.2) is 0 Å². The lowest BCUT2D eigenvalue weighted by atomic mass is 9.97. The minimum atomic E-state index is -1.37. The molecule has 6 nitrogen and oxygen atoms in total. The highest BCUT2D eigenvalue weighted by molar-refractivity contribution is 5.66. The van der Waals surface area contributed by atoms with Gasteiger partial charge in [0.25, 0.3) is 0 Å². The van der Waals surface area contributed by atoms with Gasteiger partial charge in [0, 0.05) is 12.8 Å². The number of carbonyl (C=O) groups is 1. The molecule has 122 valence electrons. The van der Waals surface area contributed by atoms with E-state index in [9.17, 15) is 15.0 Å². The van der Waals surface area contributed by atoms with Crippen LogP contribution in [0.3, 0.4) is 0 Å². The lowest BCUT2D eigenvalue weighted by Gasteiger charge is -2.31. The van der Waals surface area contributed by atoms with Crippen LogP contribution in [0, 0.1) is 5.92 Å². The van der Waals surface area contributed by atoms with Gasteiger partial charge in [-0.05, 0) is 5.56 Å². The van der Waals surface area contributed by atoms with E-state index in [0.717, 1.165) is 5.56 Å². The lowest BCUT2D eigenvalue weighted by Crippen LogP contribution is -2.47. The molecule has 0 saturated carbocycles. The smallest absolute Gasteiger partial charge is 0.303 e. The van der Waals surface area contributed by atoms with E-state index in [1.54, 1.807) is 0 Å². The molecule has 1 aliphatic heterocycles. The molecule has 5 atom stereocenters. The first kappa shape index (κ1) is 16.9. The van der Waals surface area contributed by atoms with Crippen LogP contribution >= 0.6 is 0 Å². The van der Waals surface area contributed by atoms with Crippen LogP contribution in [-0.4, -0.2) is 47.4 Å². The number of rotatable bonds is 4. The third-order valence-corrected chi connectivity index (χ3v) is 3.63. The van der Waals surface area contributed by atoms with Crippen molar-refractivity contribution in [3.8, 4) is 0 Å². The highest BCUT2D eigenvalue weighted by atomic mass is 16.6. The maximum absolute atomic E-state index is 11.3. The molecule has 6 heteroatoms. The van der Waals surface area contributed by atoms with Crippen molar-refractivity contribution in [2.45, 2.75) is 45.1 Å². The Morgan fingerprint density at radius 3 is 2.59 bits per heavy atom. The summed E-state index contributed by atoms with van der Waals surface area (Å²) in [7, 11) is 0. The molecule has 1 heterocycles. The van der Waals surface area contributed by atoms with Crippen LogP contribution in [-0.2, 0) is 25.6 Å². The highest BCUT2D eigenvalue weighted by Crippen LogP contribution is 2.25. The third-order valence-electron chi connectivity index (χ3n) is 3.63. The largest absolute Gasteiger partial charge is 0.459 e. The number of aliphatic hydroxyl groups excluding tert-OH is 2. The topological polar surface area (TPSA) is 85.2 Å². The Balaban J connectivity index is 2.13. The van der Waals surface area contributed by atoms with Crippen molar-refractivity contribution < 1.29 is 29.2 Å². The molecule has 1 aromatic rings. The van der Waals surface area contributed by atoms with Gasteiger partial charge in [0.1, 0.15) is 18.3 Å². The van der Waals surface area contributed by atoms with E-state index in [0.29, 0.717) is 0 Å². The molecule has 1 fully saturated rings. The minimum Gasteiger partial charge on any atom is -0.459 e. The van der Waals surface area contributed by atoms with Gasteiger partial charge in [-0.15, -0.1) is 0 Å². The van der Waals surface area contributed by atoms with Gasteiger partial charge in [0.15, 0.2) is 6.29 Å². The van der Waals surface area contributed by atoms with Crippen molar-refractivity contribution in [3.63, 3.8) is 0 Å². The Hall–Kier alpha value is -1.47. The molecular formula is C16H22O6. The molecule has 2 N–H and O–H groups in total. The van der Waals surface area contributed by atoms with Gasteiger partial charge in [-0.3, -0.25) is 4.79 Å². The number of aliphatic hydroxyl groups is 2. The van der Waals surface area contributed by atoms with E-state index in [-0.39, 0.29) is 19.1 Å².